The molecule has 1 saturated heterocycles. The number of carboxylic acid groups (broad SMARTS) is 1. The molecular weight excluding hydrogens is 270 g/mol. The summed E-state index contributed by atoms with van der Waals surface area (Å²) in [6.07, 6.45) is 2.69. The summed E-state index contributed by atoms with van der Waals surface area (Å²) in [6.45, 7) is 4.20. The van der Waals surface area contributed by atoms with E-state index in [-0.39, 0.29) is 18.8 Å². The molecule has 1 aliphatic rings. The Morgan fingerprint density at radius 2 is 2.19 bits per heavy atom. The van der Waals surface area contributed by atoms with Crippen molar-refractivity contribution >= 4 is 12.0 Å². The van der Waals surface area contributed by atoms with Crippen LogP contribution in [0.5, 0.6) is 0 Å². The Balaban J connectivity index is 2.10. The first-order valence-electron chi connectivity index (χ1n) is 7.06. The Hall–Kier alpha value is -1.69. The molecule has 1 heterocycles. The highest BCUT2D eigenvalue weighted by Gasteiger charge is 2.24. The first-order valence-corrected chi connectivity index (χ1v) is 7.06. The summed E-state index contributed by atoms with van der Waals surface area (Å²) in [5.41, 5.74) is 1.97. The van der Waals surface area contributed by atoms with E-state index in [4.69, 9.17) is 9.84 Å². The SMILES string of the molecule is CC1CN(Cc2ccccc2/C=C/C(=O)O)CC(CO)O1. The van der Waals surface area contributed by atoms with E-state index in [1.165, 1.54) is 0 Å². The maximum atomic E-state index is 10.7. The van der Waals surface area contributed by atoms with Gasteiger partial charge in [-0.1, -0.05) is 24.3 Å². The molecule has 0 spiro atoms. The molecule has 1 aromatic rings. The number of aliphatic hydroxyl groups is 1. The van der Waals surface area contributed by atoms with Crippen LogP contribution in [-0.2, 0) is 16.1 Å². The molecule has 2 unspecified atom stereocenters. The first kappa shape index (κ1) is 15.7. The lowest BCUT2D eigenvalue weighted by Gasteiger charge is -2.36. The standard InChI is InChI=1S/C16H21NO4/c1-12-8-17(10-15(11-18)21-12)9-14-5-3-2-4-13(14)6-7-16(19)20/h2-7,12,15,18H,8-11H2,1H3,(H,19,20)/b7-6+. The summed E-state index contributed by atoms with van der Waals surface area (Å²) >= 11 is 0. The van der Waals surface area contributed by atoms with E-state index in [2.05, 4.69) is 4.90 Å². The summed E-state index contributed by atoms with van der Waals surface area (Å²) < 4.78 is 5.63. The fraction of sp³-hybridized carbons (Fsp3) is 0.438. The van der Waals surface area contributed by atoms with E-state index in [0.717, 1.165) is 23.7 Å². The lowest BCUT2D eigenvalue weighted by atomic mass is 10.1. The third-order valence-corrected chi connectivity index (χ3v) is 3.46. The Morgan fingerprint density at radius 3 is 2.90 bits per heavy atom. The summed E-state index contributed by atoms with van der Waals surface area (Å²) in [7, 11) is 0. The van der Waals surface area contributed by atoms with Gasteiger partial charge in [0.25, 0.3) is 0 Å². The normalized spacial score (nSPS) is 23.5. The second-order valence-electron chi connectivity index (χ2n) is 5.32. The van der Waals surface area contributed by atoms with Gasteiger partial charge in [0.05, 0.1) is 18.8 Å². The summed E-state index contributed by atoms with van der Waals surface area (Å²) in [4.78, 5) is 12.9. The van der Waals surface area contributed by atoms with E-state index in [1.807, 2.05) is 31.2 Å². The molecule has 21 heavy (non-hydrogen) atoms. The van der Waals surface area contributed by atoms with E-state index < -0.39 is 5.97 Å². The van der Waals surface area contributed by atoms with Crippen molar-refractivity contribution in [3.05, 3.63) is 41.5 Å². The van der Waals surface area contributed by atoms with Crippen molar-refractivity contribution in [2.45, 2.75) is 25.7 Å². The Kier molecular flexibility index (Phi) is 5.50. The number of morpholine rings is 1. The molecule has 1 aliphatic heterocycles. The van der Waals surface area contributed by atoms with Crippen LogP contribution < -0.4 is 0 Å². The third-order valence-electron chi connectivity index (χ3n) is 3.46. The van der Waals surface area contributed by atoms with Crippen molar-refractivity contribution in [1.29, 1.82) is 0 Å². The maximum absolute atomic E-state index is 10.7. The highest BCUT2D eigenvalue weighted by Crippen LogP contribution is 2.17. The number of aliphatic hydroxyl groups excluding tert-OH is 1. The van der Waals surface area contributed by atoms with Crippen LogP contribution in [0.2, 0.25) is 0 Å². The van der Waals surface area contributed by atoms with Crippen LogP contribution in [0.4, 0.5) is 0 Å². The number of carboxylic acids is 1. The maximum Gasteiger partial charge on any atom is 0.328 e. The fourth-order valence-electron chi connectivity index (χ4n) is 2.61. The number of nitrogens with zero attached hydrogens (tertiary/aromatic N) is 1. The monoisotopic (exact) mass is 291 g/mol. The van der Waals surface area contributed by atoms with Gasteiger partial charge in [-0.05, 0) is 24.1 Å². The van der Waals surface area contributed by atoms with Crippen LogP contribution in [0.25, 0.3) is 6.08 Å². The molecule has 0 bridgehead atoms. The quantitative estimate of drug-likeness (QED) is 0.802. The molecule has 0 amide bonds. The van der Waals surface area contributed by atoms with Crippen molar-refractivity contribution < 1.29 is 19.7 Å². The molecule has 1 fully saturated rings. The highest BCUT2D eigenvalue weighted by atomic mass is 16.5. The van der Waals surface area contributed by atoms with Gasteiger partial charge in [-0.3, -0.25) is 4.90 Å². The van der Waals surface area contributed by atoms with Crippen molar-refractivity contribution in [2.75, 3.05) is 19.7 Å². The smallest absolute Gasteiger partial charge is 0.328 e. The van der Waals surface area contributed by atoms with Gasteiger partial charge in [-0.2, -0.15) is 0 Å². The summed E-state index contributed by atoms with van der Waals surface area (Å²) in [5.74, 6) is -0.954. The van der Waals surface area contributed by atoms with Crippen LogP contribution >= 0.6 is 0 Å². The molecule has 2 N–H and O–H groups in total. The second-order valence-corrected chi connectivity index (χ2v) is 5.32. The molecule has 0 aliphatic carbocycles. The lowest BCUT2D eigenvalue weighted by Crippen LogP contribution is -2.47. The van der Waals surface area contributed by atoms with Gasteiger partial charge in [0.15, 0.2) is 0 Å². The number of aliphatic carboxylic acids is 1. The number of rotatable bonds is 5. The second kappa shape index (κ2) is 7.36. The zero-order chi connectivity index (χ0) is 15.2. The third kappa shape index (κ3) is 4.67. The number of benzene rings is 1. The molecular formula is C16H21NO4. The van der Waals surface area contributed by atoms with Crippen molar-refractivity contribution in [3.8, 4) is 0 Å². The number of hydrogen-bond acceptors (Lipinski definition) is 4. The Morgan fingerprint density at radius 1 is 1.43 bits per heavy atom. The zero-order valence-electron chi connectivity index (χ0n) is 12.1. The highest BCUT2D eigenvalue weighted by molar-refractivity contribution is 5.85. The average molecular weight is 291 g/mol. The summed E-state index contributed by atoms with van der Waals surface area (Å²) in [5, 5.41) is 18.0. The number of ether oxygens (including phenoxy) is 1. The molecule has 2 rings (SSSR count). The minimum absolute atomic E-state index is 0.0153. The Labute approximate surface area is 124 Å². The predicted molar refractivity (Wildman–Crippen MR) is 79.8 cm³/mol. The topological polar surface area (TPSA) is 70.0 Å². The van der Waals surface area contributed by atoms with Crippen LogP contribution in [0.1, 0.15) is 18.1 Å². The van der Waals surface area contributed by atoms with Gasteiger partial charge in [0, 0.05) is 25.7 Å². The minimum atomic E-state index is -0.954. The van der Waals surface area contributed by atoms with Gasteiger partial charge in [-0.25, -0.2) is 4.79 Å². The number of carbonyl (C=O) groups is 1. The van der Waals surface area contributed by atoms with E-state index in [0.29, 0.717) is 13.1 Å². The van der Waals surface area contributed by atoms with E-state index in [9.17, 15) is 9.90 Å². The van der Waals surface area contributed by atoms with Crippen molar-refractivity contribution in [1.82, 2.24) is 4.90 Å². The predicted octanol–water partition coefficient (Wildman–Crippen LogP) is 1.37. The van der Waals surface area contributed by atoms with Crippen LogP contribution in [0.15, 0.2) is 30.3 Å². The molecule has 2 atom stereocenters. The fourth-order valence-corrected chi connectivity index (χ4v) is 2.61. The van der Waals surface area contributed by atoms with Gasteiger partial charge < -0.3 is 14.9 Å². The molecule has 1 aromatic carbocycles. The molecule has 0 radical (unpaired) electrons. The molecule has 114 valence electrons. The van der Waals surface area contributed by atoms with Crippen LogP contribution in [0, 0.1) is 0 Å². The Bertz CT molecular complexity index is 515. The molecule has 0 aromatic heterocycles. The van der Waals surface area contributed by atoms with E-state index in [1.54, 1.807) is 6.08 Å². The molecule has 5 nitrogen and oxygen atoms in total. The average Bonchev–Trinajstić information content (AvgIpc) is 2.45. The van der Waals surface area contributed by atoms with Gasteiger partial charge >= 0.3 is 5.97 Å². The number of hydrogen-bond donors (Lipinski definition) is 2. The van der Waals surface area contributed by atoms with Gasteiger partial charge in [-0.15, -0.1) is 0 Å². The minimum Gasteiger partial charge on any atom is -0.478 e. The lowest BCUT2D eigenvalue weighted by molar-refractivity contribution is -0.131. The van der Waals surface area contributed by atoms with Crippen molar-refractivity contribution in [3.63, 3.8) is 0 Å². The zero-order valence-corrected chi connectivity index (χ0v) is 12.1. The first-order chi connectivity index (χ1) is 10.1. The van der Waals surface area contributed by atoms with Crippen LogP contribution in [-0.4, -0.2) is 53.0 Å². The van der Waals surface area contributed by atoms with Gasteiger partial charge in [0.1, 0.15) is 0 Å². The van der Waals surface area contributed by atoms with Crippen LogP contribution in [0.3, 0.4) is 0 Å². The largest absolute Gasteiger partial charge is 0.478 e. The van der Waals surface area contributed by atoms with E-state index >= 15 is 0 Å². The molecule has 5 heteroatoms. The van der Waals surface area contributed by atoms with Crippen molar-refractivity contribution in [2.24, 2.45) is 0 Å². The summed E-state index contributed by atoms with van der Waals surface area (Å²) in [6, 6.07) is 7.74. The van der Waals surface area contributed by atoms with Gasteiger partial charge in [0.2, 0.25) is 0 Å². The molecule has 0 saturated carbocycles.